The fourth-order valence-electron chi connectivity index (χ4n) is 2.46. The molecule has 0 amide bonds. The molecule has 2 nitrogen and oxygen atoms in total. The summed E-state index contributed by atoms with van der Waals surface area (Å²) in [7, 11) is 2.17. The molecule has 1 saturated heterocycles. The first-order valence-electron chi connectivity index (χ1n) is 6.36. The Morgan fingerprint density at radius 1 is 1.24 bits per heavy atom. The number of nitrogens with zero attached hydrogens (tertiary/aromatic N) is 1. The lowest BCUT2D eigenvalue weighted by Gasteiger charge is -2.33. The Morgan fingerprint density at radius 3 is 2.41 bits per heavy atom. The summed E-state index contributed by atoms with van der Waals surface area (Å²) in [5.41, 5.74) is 1.01. The lowest BCUT2D eigenvalue weighted by Crippen LogP contribution is -2.37. The lowest BCUT2D eigenvalue weighted by atomic mass is 9.90. The molecule has 0 radical (unpaired) electrons. The first-order chi connectivity index (χ1) is 8.15. The van der Waals surface area contributed by atoms with E-state index >= 15 is 0 Å². The highest BCUT2D eigenvalue weighted by molar-refractivity contribution is 5.43. The number of hydrogen-bond acceptors (Lipinski definition) is 2. The normalized spacial score (nSPS) is 20.2. The molecule has 0 spiro atoms. The van der Waals surface area contributed by atoms with Crippen LogP contribution >= 0.6 is 0 Å². The Labute approximate surface area is 103 Å². The topological polar surface area (TPSA) is 15.3 Å². The van der Waals surface area contributed by atoms with Gasteiger partial charge >= 0.3 is 0 Å². The molecular weight excluding hydrogens is 215 g/mol. The number of halogens is 1. The van der Waals surface area contributed by atoms with Gasteiger partial charge in [-0.25, -0.2) is 4.39 Å². The van der Waals surface area contributed by atoms with Crippen molar-refractivity contribution in [2.24, 2.45) is 5.92 Å². The third-order valence-electron chi connectivity index (χ3n) is 3.71. The smallest absolute Gasteiger partial charge is 0.123 e. The van der Waals surface area contributed by atoms with E-state index in [1.165, 1.54) is 38.1 Å². The molecule has 0 aromatic heterocycles. The Morgan fingerprint density at radius 2 is 1.82 bits per heavy atom. The molecule has 1 heterocycles. The van der Waals surface area contributed by atoms with Gasteiger partial charge < -0.3 is 10.2 Å². The van der Waals surface area contributed by atoms with Crippen molar-refractivity contribution in [2.45, 2.75) is 25.8 Å². The zero-order valence-corrected chi connectivity index (χ0v) is 10.6. The van der Waals surface area contributed by atoms with Gasteiger partial charge in [0.25, 0.3) is 0 Å². The maximum absolute atomic E-state index is 12.8. The molecule has 1 fully saturated rings. The van der Waals surface area contributed by atoms with E-state index in [-0.39, 0.29) is 5.82 Å². The van der Waals surface area contributed by atoms with Crippen LogP contribution < -0.4 is 5.32 Å². The Balaban J connectivity index is 1.88. The highest BCUT2D eigenvalue weighted by atomic mass is 19.1. The summed E-state index contributed by atoms with van der Waals surface area (Å²) in [6.45, 7) is 4.58. The van der Waals surface area contributed by atoms with Crippen molar-refractivity contribution in [1.29, 1.82) is 0 Å². The Bertz CT molecular complexity index is 342. The average molecular weight is 236 g/mol. The van der Waals surface area contributed by atoms with Crippen molar-refractivity contribution in [2.75, 3.05) is 25.5 Å². The number of piperidine rings is 1. The van der Waals surface area contributed by atoms with Crippen LogP contribution in [-0.4, -0.2) is 31.1 Å². The van der Waals surface area contributed by atoms with E-state index in [0.29, 0.717) is 6.04 Å². The fraction of sp³-hybridized carbons (Fsp3) is 0.571. The molecule has 0 aliphatic carbocycles. The molecule has 0 bridgehead atoms. The van der Waals surface area contributed by atoms with Crippen LogP contribution in [0.2, 0.25) is 0 Å². The maximum atomic E-state index is 12.8. The lowest BCUT2D eigenvalue weighted by molar-refractivity contribution is 0.208. The second-order valence-corrected chi connectivity index (χ2v) is 5.08. The van der Waals surface area contributed by atoms with E-state index < -0.39 is 0 Å². The Hall–Kier alpha value is -1.09. The van der Waals surface area contributed by atoms with Crippen molar-refractivity contribution >= 4 is 5.69 Å². The van der Waals surface area contributed by atoms with Crippen molar-refractivity contribution in [3.05, 3.63) is 30.1 Å². The van der Waals surface area contributed by atoms with Gasteiger partial charge in [-0.1, -0.05) is 0 Å². The minimum atomic E-state index is -0.178. The van der Waals surface area contributed by atoms with Crippen molar-refractivity contribution < 1.29 is 4.39 Å². The van der Waals surface area contributed by atoms with E-state index in [1.807, 2.05) is 0 Å². The van der Waals surface area contributed by atoms with E-state index in [1.54, 1.807) is 12.1 Å². The van der Waals surface area contributed by atoms with Crippen LogP contribution in [-0.2, 0) is 0 Å². The van der Waals surface area contributed by atoms with Crippen molar-refractivity contribution in [3.63, 3.8) is 0 Å². The highest BCUT2D eigenvalue weighted by Crippen LogP contribution is 2.22. The second kappa shape index (κ2) is 5.50. The number of rotatable bonds is 3. The van der Waals surface area contributed by atoms with Gasteiger partial charge in [0.05, 0.1) is 0 Å². The molecule has 94 valence electrons. The molecule has 2 rings (SSSR count). The Kier molecular flexibility index (Phi) is 4.00. The largest absolute Gasteiger partial charge is 0.382 e. The molecule has 1 unspecified atom stereocenters. The van der Waals surface area contributed by atoms with Gasteiger partial charge in [-0.3, -0.25) is 0 Å². The van der Waals surface area contributed by atoms with E-state index in [4.69, 9.17) is 0 Å². The first kappa shape index (κ1) is 12.4. The zero-order chi connectivity index (χ0) is 12.3. The van der Waals surface area contributed by atoms with Crippen LogP contribution in [0.25, 0.3) is 0 Å². The van der Waals surface area contributed by atoms with Gasteiger partial charge in [0.2, 0.25) is 0 Å². The van der Waals surface area contributed by atoms with E-state index in [2.05, 4.69) is 24.2 Å². The minimum Gasteiger partial charge on any atom is -0.382 e. The summed E-state index contributed by atoms with van der Waals surface area (Å²) in [6.07, 6.45) is 2.48. The summed E-state index contributed by atoms with van der Waals surface area (Å²) in [4.78, 5) is 2.38. The maximum Gasteiger partial charge on any atom is 0.123 e. The van der Waals surface area contributed by atoms with Crippen LogP contribution in [0.3, 0.4) is 0 Å². The molecule has 0 saturated carbocycles. The fourth-order valence-corrected chi connectivity index (χ4v) is 2.46. The number of anilines is 1. The molecule has 1 aliphatic rings. The van der Waals surface area contributed by atoms with Crippen LogP contribution in [0.1, 0.15) is 19.8 Å². The minimum absolute atomic E-state index is 0.178. The van der Waals surface area contributed by atoms with Crippen LogP contribution in [0.15, 0.2) is 24.3 Å². The predicted octanol–water partition coefficient (Wildman–Crippen LogP) is 2.97. The van der Waals surface area contributed by atoms with Crippen molar-refractivity contribution in [1.82, 2.24) is 4.90 Å². The highest BCUT2D eigenvalue weighted by Gasteiger charge is 2.21. The standard InChI is InChI=1S/C14H21FN2/c1-11(12-7-9-17(2)10-8-12)16-14-5-3-13(15)4-6-14/h3-6,11-12,16H,7-10H2,1-2H3. The van der Waals surface area contributed by atoms with E-state index in [9.17, 15) is 4.39 Å². The quantitative estimate of drug-likeness (QED) is 0.868. The third kappa shape index (κ3) is 3.43. The van der Waals surface area contributed by atoms with Gasteiger partial charge in [0.15, 0.2) is 0 Å². The van der Waals surface area contributed by atoms with Crippen LogP contribution in [0.5, 0.6) is 0 Å². The summed E-state index contributed by atoms with van der Waals surface area (Å²) in [5.74, 6) is 0.541. The predicted molar refractivity (Wildman–Crippen MR) is 69.7 cm³/mol. The molecule has 1 aromatic carbocycles. The van der Waals surface area contributed by atoms with Crippen molar-refractivity contribution in [3.8, 4) is 0 Å². The van der Waals surface area contributed by atoms with Gasteiger partial charge in [-0.2, -0.15) is 0 Å². The molecule has 1 aliphatic heterocycles. The molecule has 1 atom stereocenters. The molecule has 1 N–H and O–H groups in total. The number of hydrogen-bond donors (Lipinski definition) is 1. The summed E-state index contributed by atoms with van der Waals surface area (Å²) in [5, 5.41) is 3.47. The van der Waals surface area contributed by atoms with E-state index in [0.717, 1.165) is 11.6 Å². The van der Waals surface area contributed by atoms with Gasteiger partial charge in [-0.05, 0) is 70.1 Å². The van der Waals surface area contributed by atoms with Crippen LogP contribution in [0, 0.1) is 11.7 Å². The molecule has 1 aromatic rings. The van der Waals surface area contributed by atoms with Gasteiger partial charge in [0, 0.05) is 11.7 Å². The summed E-state index contributed by atoms with van der Waals surface area (Å²) < 4.78 is 12.8. The third-order valence-corrected chi connectivity index (χ3v) is 3.71. The zero-order valence-electron chi connectivity index (χ0n) is 10.6. The first-order valence-corrected chi connectivity index (χ1v) is 6.36. The SMILES string of the molecule is CC(Nc1ccc(F)cc1)C1CCN(C)CC1. The number of nitrogens with one attached hydrogen (secondary N) is 1. The van der Waals surface area contributed by atoms with Gasteiger partial charge in [0.1, 0.15) is 5.82 Å². The molecule has 3 heteroatoms. The second-order valence-electron chi connectivity index (χ2n) is 5.08. The van der Waals surface area contributed by atoms with Gasteiger partial charge in [-0.15, -0.1) is 0 Å². The summed E-state index contributed by atoms with van der Waals surface area (Å²) in [6, 6.07) is 7.07. The number of benzene rings is 1. The average Bonchev–Trinajstić information content (AvgIpc) is 2.33. The number of likely N-dealkylation sites (tertiary alicyclic amines) is 1. The monoisotopic (exact) mass is 236 g/mol. The molecule has 17 heavy (non-hydrogen) atoms. The summed E-state index contributed by atoms with van der Waals surface area (Å²) >= 11 is 0. The van der Waals surface area contributed by atoms with Crippen LogP contribution in [0.4, 0.5) is 10.1 Å². The molecular formula is C14H21FN2.